The summed E-state index contributed by atoms with van der Waals surface area (Å²) in [5.74, 6) is -0.149. The quantitative estimate of drug-likeness (QED) is 0.818. The van der Waals surface area contributed by atoms with Crippen LogP contribution in [0.15, 0.2) is 16.5 Å². The van der Waals surface area contributed by atoms with Gasteiger partial charge in [-0.2, -0.15) is 4.31 Å². The van der Waals surface area contributed by atoms with Crippen molar-refractivity contribution in [3.8, 4) is 0 Å². The molecule has 1 aliphatic carbocycles. The van der Waals surface area contributed by atoms with E-state index in [1.54, 1.807) is 19.1 Å². The number of aryl methyl sites for hydroxylation is 1. The van der Waals surface area contributed by atoms with Crippen LogP contribution in [0.2, 0.25) is 0 Å². The average Bonchev–Trinajstić information content (AvgIpc) is 3.07. The van der Waals surface area contributed by atoms with Gasteiger partial charge in [0.25, 0.3) is 0 Å². The van der Waals surface area contributed by atoms with Gasteiger partial charge >= 0.3 is 5.97 Å². The Bertz CT molecular complexity index is 558. The van der Waals surface area contributed by atoms with Gasteiger partial charge in [-0.1, -0.05) is 0 Å². The largest absolute Gasteiger partial charge is 0.481 e. The number of aliphatic carboxylic acids is 1. The Morgan fingerprint density at radius 2 is 2.16 bits per heavy atom. The van der Waals surface area contributed by atoms with Crippen molar-refractivity contribution in [1.29, 1.82) is 0 Å². The normalized spacial score (nSPS) is 15.9. The van der Waals surface area contributed by atoms with E-state index >= 15 is 0 Å². The van der Waals surface area contributed by atoms with Crippen molar-refractivity contribution in [1.82, 2.24) is 4.31 Å². The highest BCUT2D eigenvalue weighted by Crippen LogP contribution is 2.31. The van der Waals surface area contributed by atoms with E-state index in [1.807, 2.05) is 0 Å². The summed E-state index contributed by atoms with van der Waals surface area (Å²) in [5, 5.41) is 8.60. The van der Waals surface area contributed by atoms with Gasteiger partial charge in [0.05, 0.1) is 18.7 Å². The summed E-state index contributed by atoms with van der Waals surface area (Å²) >= 11 is 0. The molecule has 7 heteroatoms. The molecule has 0 radical (unpaired) electrons. The first-order chi connectivity index (χ1) is 8.88. The van der Waals surface area contributed by atoms with Crippen LogP contribution in [0.1, 0.15) is 30.8 Å². The van der Waals surface area contributed by atoms with E-state index in [9.17, 15) is 13.2 Å². The molecule has 106 valence electrons. The zero-order chi connectivity index (χ0) is 14.0. The third-order valence-electron chi connectivity index (χ3n) is 2.99. The van der Waals surface area contributed by atoms with Crippen LogP contribution in [0, 0.1) is 6.92 Å². The molecule has 1 N–H and O–H groups in total. The van der Waals surface area contributed by atoms with E-state index in [4.69, 9.17) is 9.52 Å². The first-order valence-corrected chi connectivity index (χ1v) is 7.76. The third kappa shape index (κ3) is 3.81. The number of nitrogens with zero attached hydrogens (tertiary/aromatic N) is 1. The highest BCUT2D eigenvalue weighted by Gasteiger charge is 2.37. The summed E-state index contributed by atoms with van der Waals surface area (Å²) in [6.45, 7) is 1.98. The van der Waals surface area contributed by atoms with Crippen molar-refractivity contribution in [2.75, 3.05) is 5.75 Å². The monoisotopic (exact) mass is 287 g/mol. The predicted molar refractivity (Wildman–Crippen MR) is 68.0 cm³/mol. The zero-order valence-electron chi connectivity index (χ0n) is 10.7. The lowest BCUT2D eigenvalue weighted by Crippen LogP contribution is -2.35. The molecule has 1 aromatic rings. The Labute approximate surface area is 112 Å². The maximum Gasteiger partial charge on any atom is 0.304 e. The third-order valence-corrected chi connectivity index (χ3v) is 4.85. The standard InChI is InChI=1S/C12H17NO5S/c1-9-2-5-11(18-9)8-13(10-3-4-10)19(16,17)7-6-12(14)15/h2,5,10H,3-4,6-8H2,1H3,(H,14,15). The molecule has 1 heterocycles. The molecule has 0 bridgehead atoms. The van der Waals surface area contributed by atoms with Gasteiger partial charge in [0.15, 0.2) is 0 Å². The minimum atomic E-state index is -3.55. The van der Waals surface area contributed by atoms with E-state index in [-0.39, 0.29) is 24.8 Å². The Balaban J connectivity index is 2.09. The summed E-state index contributed by atoms with van der Waals surface area (Å²) in [6, 6.07) is 3.52. The van der Waals surface area contributed by atoms with Crippen molar-refractivity contribution in [2.45, 2.75) is 38.8 Å². The SMILES string of the molecule is Cc1ccc(CN(C2CC2)S(=O)(=O)CCC(=O)O)o1. The number of furan rings is 1. The van der Waals surface area contributed by atoms with E-state index in [0.29, 0.717) is 5.76 Å². The van der Waals surface area contributed by atoms with Crippen LogP contribution >= 0.6 is 0 Å². The van der Waals surface area contributed by atoms with Crippen molar-refractivity contribution in [3.63, 3.8) is 0 Å². The smallest absolute Gasteiger partial charge is 0.304 e. The molecule has 0 atom stereocenters. The van der Waals surface area contributed by atoms with E-state index in [2.05, 4.69) is 0 Å². The lowest BCUT2D eigenvalue weighted by atomic mass is 10.4. The molecular formula is C12H17NO5S. The Kier molecular flexibility index (Phi) is 3.96. The number of carboxylic acid groups (broad SMARTS) is 1. The van der Waals surface area contributed by atoms with Crippen LogP contribution in [0.5, 0.6) is 0 Å². The first-order valence-electron chi connectivity index (χ1n) is 6.15. The molecule has 1 aliphatic rings. The molecule has 0 unspecified atom stereocenters. The van der Waals surface area contributed by atoms with Crippen LogP contribution in [0.3, 0.4) is 0 Å². The highest BCUT2D eigenvalue weighted by molar-refractivity contribution is 7.89. The minimum Gasteiger partial charge on any atom is -0.481 e. The lowest BCUT2D eigenvalue weighted by Gasteiger charge is -2.20. The molecular weight excluding hydrogens is 270 g/mol. The number of hydrogen-bond donors (Lipinski definition) is 1. The van der Waals surface area contributed by atoms with Crippen molar-refractivity contribution in [3.05, 3.63) is 23.7 Å². The van der Waals surface area contributed by atoms with Crippen LogP contribution in [0.25, 0.3) is 0 Å². The summed E-state index contributed by atoms with van der Waals surface area (Å²) in [4.78, 5) is 10.5. The Morgan fingerprint density at radius 3 is 2.63 bits per heavy atom. The Morgan fingerprint density at radius 1 is 1.47 bits per heavy atom. The van der Waals surface area contributed by atoms with Gasteiger partial charge in [0, 0.05) is 6.04 Å². The van der Waals surface area contributed by atoms with Crippen LogP contribution in [-0.4, -0.2) is 35.6 Å². The second-order valence-electron chi connectivity index (χ2n) is 4.75. The molecule has 0 aromatic carbocycles. The van der Waals surface area contributed by atoms with E-state index < -0.39 is 16.0 Å². The molecule has 2 rings (SSSR count). The van der Waals surface area contributed by atoms with Crippen LogP contribution < -0.4 is 0 Å². The summed E-state index contributed by atoms with van der Waals surface area (Å²) < 4.78 is 31.1. The summed E-state index contributed by atoms with van der Waals surface area (Å²) in [7, 11) is -3.55. The van der Waals surface area contributed by atoms with Gasteiger partial charge < -0.3 is 9.52 Å². The number of carboxylic acids is 1. The van der Waals surface area contributed by atoms with E-state index in [1.165, 1.54) is 4.31 Å². The van der Waals surface area contributed by atoms with Gasteiger partial charge in [0.1, 0.15) is 11.5 Å². The number of sulfonamides is 1. The number of rotatable bonds is 7. The maximum atomic E-state index is 12.1. The molecule has 1 aromatic heterocycles. The predicted octanol–water partition coefficient (Wildman–Crippen LogP) is 1.36. The topological polar surface area (TPSA) is 87.8 Å². The molecule has 0 amide bonds. The molecule has 0 aliphatic heterocycles. The van der Waals surface area contributed by atoms with Gasteiger partial charge in [-0.3, -0.25) is 4.79 Å². The molecule has 19 heavy (non-hydrogen) atoms. The molecule has 0 saturated heterocycles. The number of hydrogen-bond acceptors (Lipinski definition) is 4. The number of carbonyl (C=O) groups is 1. The Hall–Kier alpha value is -1.34. The highest BCUT2D eigenvalue weighted by atomic mass is 32.2. The van der Waals surface area contributed by atoms with Gasteiger partial charge in [0.2, 0.25) is 10.0 Å². The van der Waals surface area contributed by atoms with Crippen LogP contribution in [-0.2, 0) is 21.4 Å². The average molecular weight is 287 g/mol. The fourth-order valence-electron chi connectivity index (χ4n) is 1.87. The zero-order valence-corrected chi connectivity index (χ0v) is 11.5. The van der Waals surface area contributed by atoms with E-state index in [0.717, 1.165) is 18.6 Å². The minimum absolute atomic E-state index is 0.01000. The van der Waals surface area contributed by atoms with Gasteiger partial charge in [-0.15, -0.1) is 0 Å². The van der Waals surface area contributed by atoms with Crippen LogP contribution in [0.4, 0.5) is 0 Å². The second-order valence-corrected chi connectivity index (χ2v) is 6.79. The van der Waals surface area contributed by atoms with Crippen molar-refractivity contribution in [2.24, 2.45) is 0 Å². The molecule has 0 spiro atoms. The molecule has 1 fully saturated rings. The molecule has 6 nitrogen and oxygen atoms in total. The first kappa shape index (κ1) is 14.1. The van der Waals surface area contributed by atoms with Crippen molar-refractivity contribution < 1.29 is 22.7 Å². The summed E-state index contributed by atoms with van der Waals surface area (Å²) in [5.41, 5.74) is 0. The maximum absolute atomic E-state index is 12.1. The molecule has 1 saturated carbocycles. The van der Waals surface area contributed by atoms with Gasteiger partial charge in [-0.05, 0) is 31.9 Å². The second kappa shape index (κ2) is 5.34. The lowest BCUT2D eigenvalue weighted by molar-refractivity contribution is -0.136. The van der Waals surface area contributed by atoms with Crippen molar-refractivity contribution >= 4 is 16.0 Å². The van der Waals surface area contributed by atoms with Gasteiger partial charge in [-0.25, -0.2) is 8.42 Å². The fourth-order valence-corrected chi connectivity index (χ4v) is 3.53. The summed E-state index contributed by atoms with van der Waals surface area (Å²) in [6.07, 6.45) is 1.28. The fraction of sp³-hybridized carbons (Fsp3) is 0.583.